The van der Waals surface area contributed by atoms with Crippen LogP contribution in [0.3, 0.4) is 0 Å². The summed E-state index contributed by atoms with van der Waals surface area (Å²) in [4.78, 5) is 13.5. The summed E-state index contributed by atoms with van der Waals surface area (Å²) in [5, 5.41) is 9.62. The minimum Gasteiger partial charge on any atom is -0.449 e. The molecule has 0 radical (unpaired) electrons. The van der Waals surface area contributed by atoms with Crippen molar-refractivity contribution in [3.05, 3.63) is 0 Å². The topological polar surface area (TPSA) is 49.8 Å². The Morgan fingerprint density at radius 2 is 2.06 bits per heavy atom. The second-order valence-corrected chi connectivity index (χ2v) is 5.20. The van der Waals surface area contributed by atoms with Gasteiger partial charge in [0.1, 0.15) is 0 Å². The molecule has 4 nitrogen and oxygen atoms in total. The van der Waals surface area contributed by atoms with Crippen LogP contribution in [-0.4, -0.2) is 41.9 Å². The molecular formula is C14H27NO3. The van der Waals surface area contributed by atoms with Crippen LogP contribution in [0.5, 0.6) is 0 Å². The van der Waals surface area contributed by atoms with E-state index in [2.05, 4.69) is 6.92 Å². The number of ether oxygens (including phenoxy) is 1. The van der Waals surface area contributed by atoms with E-state index in [-0.39, 0.29) is 12.2 Å². The summed E-state index contributed by atoms with van der Waals surface area (Å²) in [5.41, 5.74) is 0. The third-order valence-electron chi connectivity index (χ3n) is 3.67. The maximum atomic E-state index is 11.7. The summed E-state index contributed by atoms with van der Waals surface area (Å²) in [6.45, 7) is 6.16. The predicted octanol–water partition coefficient (Wildman–Crippen LogP) is 2.80. The fraction of sp³-hybridized carbons (Fsp3) is 0.929. The van der Waals surface area contributed by atoms with Gasteiger partial charge in [-0.2, -0.15) is 0 Å². The molecule has 1 aliphatic rings. The van der Waals surface area contributed by atoms with Crippen molar-refractivity contribution < 1.29 is 14.6 Å². The van der Waals surface area contributed by atoms with E-state index in [9.17, 15) is 9.90 Å². The van der Waals surface area contributed by atoms with E-state index < -0.39 is 0 Å². The number of aliphatic hydroxyl groups is 1. The van der Waals surface area contributed by atoms with Gasteiger partial charge in [-0.15, -0.1) is 0 Å². The highest BCUT2D eigenvalue weighted by Crippen LogP contribution is 2.23. The van der Waals surface area contributed by atoms with E-state index >= 15 is 0 Å². The van der Waals surface area contributed by atoms with Gasteiger partial charge < -0.3 is 14.7 Å². The van der Waals surface area contributed by atoms with Gasteiger partial charge in [0.2, 0.25) is 0 Å². The Balaban J connectivity index is 2.20. The SMILES string of the molecule is CCCCOC(=O)N1CCC(C[C@@H](O)CC)CC1. The first-order valence-electron chi connectivity index (χ1n) is 7.27. The van der Waals surface area contributed by atoms with Crippen molar-refractivity contribution in [1.82, 2.24) is 4.90 Å². The zero-order valence-corrected chi connectivity index (χ0v) is 11.7. The number of amides is 1. The van der Waals surface area contributed by atoms with Crippen molar-refractivity contribution in [1.29, 1.82) is 0 Å². The summed E-state index contributed by atoms with van der Waals surface area (Å²) < 4.78 is 5.20. The molecule has 0 aliphatic carbocycles. The van der Waals surface area contributed by atoms with Gasteiger partial charge in [0.05, 0.1) is 12.7 Å². The molecule has 106 valence electrons. The number of piperidine rings is 1. The molecule has 1 atom stereocenters. The number of carbonyl (C=O) groups is 1. The second kappa shape index (κ2) is 8.35. The van der Waals surface area contributed by atoms with E-state index in [0.29, 0.717) is 12.5 Å². The Hall–Kier alpha value is -0.770. The molecule has 1 amide bonds. The van der Waals surface area contributed by atoms with Crippen molar-refractivity contribution >= 4 is 6.09 Å². The average molecular weight is 257 g/mol. The van der Waals surface area contributed by atoms with Crippen molar-refractivity contribution in [2.24, 2.45) is 5.92 Å². The van der Waals surface area contributed by atoms with Gasteiger partial charge in [-0.25, -0.2) is 4.79 Å². The average Bonchev–Trinajstić information content (AvgIpc) is 2.39. The molecule has 0 aromatic heterocycles. The molecule has 0 spiro atoms. The molecule has 0 aromatic carbocycles. The lowest BCUT2D eigenvalue weighted by Gasteiger charge is -2.32. The first-order chi connectivity index (χ1) is 8.67. The Kier molecular flexibility index (Phi) is 7.09. The lowest BCUT2D eigenvalue weighted by Crippen LogP contribution is -2.39. The van der Waals surface area contributed by atoms with Crippen molar-refractivity contribution in [3.63, 3.8) is 0 Å². The van der Waals surface area contributed by atoms with Crippen LogP contribution in [0.15, 0.2) is 0 Å². The number of unbranched alkanes of at least 4 members (excludes halogenated alkanes) is 1. The summed E-state index contributed by atoms with van der Waals surface area (Å²) >= 11 is 0. The van der Waals surface area contributed by atoms with Crippen LogP contribution in [0.2, 0.25) is 0 Å². The highest BCUT2D eigenvalue weighted by atomic mass is 16.6. The number of likely N-dealkylation sites (tertiary alicyclic amines) is 1. The molecule has 1 rings (SSSR count). The molecule has 0 aromatic rings. The molecule has 1 aliphatic heterocycles. The second-order valence-electron chi connectivity index (χ2n) is 5.20. The van der Waals surface area contributed by atoms with E-state index in [0.717, 1.165) is 51.6 Å². The maximum absolute atomic E-state index is 11.7. The Morgan fingerprint density at radius 3 is 2.61 bits per heavy atom. The van der Waals surface area contributed by atoms with Gasteiger partial charge in [-0.05, 0) is 38.0 Å². The first kappa shape index (κ1) is 15.3. The Morgan fingerprint density at radius 1 is 1.39 bits per heavy atom. The van der Waals surface area contributed by atoms with E-state index in [1.54, 1.807) is 4.90 Å². The lowest BCUT2D eigenvalue weighted by molar-refractivity contribution is 0.0748. The predicted molar refractivity (Wildman–Crippen MR) is 71.5 cm³/mol. The van der Waals surface area contributed by atoms with Crippen molar-refractivity contribution in [2.75, 3.05) is 19.7 Å². The van der Waals surface area contributed by atoms with E-state index in [1.807, 2.05) is 6.92 Å². The summed E-state index contributed by atoms with van der Waals surface area (Å²) in [7, 11) is 0. The molecule has 1 heterocycles. The minimum absolute atomic E-state index is 0.169. The number of rotatable bonds is 6. The first-order valence-corrected chi connectivity index (χ1v) is 7.27. The van der Waals surface area contributed by atoms with Gasteiger partial charge in [0.15, 0.2) is 0 Å². The van der Waals surface area contributed by atoms with Crippen LogP contribution < -0.4 is 0 Å². The van der Waals surface area contributed by atoms with Crippen LogP contribution in [0, 0.1) is 5.92 Å². The molecule has 4 heteroatoms. The highest BCUT2D eigenvalue weighted by Gasteiger charge is 2.24. The van der Waals surface area contributed by atoms with Gasteiger partial charge in [0, 0.05) is 13.1 Å². The number of carbonyl (C=O) groups excluding carboxylic acids is 1. The third kappa shape index (κ3) is 5.25. The Labute approximate surface area is 110 Å². The van der Waals surface area contributed by atoms with Crippen LogP contribution in [0.1, 0.15) is 52.4 Å². The smallest absolute Gasteiger partial charge is 0.409 e. The molecule has 18 heavy (non-hydrogen) atoms. The lowest BCUT2D eigenvalue weighted by atomic mass is 9.90. The molecular weight excluding hydrogens is 230 g/mol. The molecule has 1 N–H and O–H groups in total. The van der Waals surface area contributed by atoms with Gasteiger partial charge >= 0.3 is 6.09 Å². The molecule has 1 fully saturated rings. The fourth-order valence-electron chi connectivity index (χ4n) is 2.30. The summed E-state index contributed by atoms with van der Waals surface area (Å²) in [6, 6.07) is 0. The molecule has 1 saturated heterocycles. The quantitative estimate of drug-likeness (QED) is 0.744. The number of aliphatic hydroxyl groups excluding tert-OH is 1. The maximum Gasteiger partial charge on any atom is 0.409 e. The van der Waals surface area contributed by atoms with Crippen molar-refractivity contribution in [2.45, 2.75) is 58.5 Å². The van der Waals surface area contributed by atoms with E-state index in [1.165, 1.54) is 0 Å². The van der Waals surface area contributed by atoms with Crippen LogP contribution in [0.4, 0.5) is 4.79 Å². The molecule has 0 saturated carbocycles. The van der Waals surface area contributed by atoms with Crippen LogP contribution >= 0.6 is 0 Å². The minimum atomic E-state index is -0.182. The zero-order valence-electron chi connectivity index (χ0n) is 11.7. The number of hydrogen-bond donors (Lipinski definition) is 1. The van der Waals surface area contributed by atoms with Crippen LogP contribution in [0.25, 0.3) is 0 Å². The molecule has 0 bridgehead atoms. The normalized spacial score (nSPS) is 18.7. The van der Waals surface area contributed by atoms with E-state index in [4.69, 9.17) is 4.74 Å². The third-order valence-corrected chi connectivity index (χ3v) is 3.67. The fourth-order valence-corrected chi connectivity index (χ4v) is 2.30. The standard InChI is InChI=1S/C14H27NO3/c1-3-5-10-18-14(17)15-8-6-12(7-9-15)11-13(16)4-2/h12-13,16H,3-11H2,1-2H3/t13-/m0/s1. The largest absolute Gasteiger partial charge is 0.449 e. The zero-order chi connectivity index (χ0) is 13.4. The van der Waals surface area contributed by atoms with Crippen LogP contribution in [-0.2, 0) is 4.74 Å². The number of nitrogens with zero attached hydrogens (tertiary/aromatic N) is 1. The molecule has 0 unspecified atom stereocenters. The monoisotopic (exact) mass is 257 g/mol. The Bertz CT molecular complexity index is 237. The van der Waals surface area contributed by atoms with Gasteiger partial charge in [-0.1, -0.05) is 20.3 Å². The summed E-state index contributed by atoms with van der Waals surface area (Å²) in [5.74, 6) is 0.555. The highest BCUT2D eigenvalue weighted by molar-refractivity contribution is 5.67. The van der Waals surface area contributed by atoms with Crippen molar-refractivity contribution in [3.8, 4) is 0 Å². The van der Waals surface area contributed by atoms with Gasteiger partial charge in [-0.3, -0.25) is 0 Å². The summed E-state index contributed by atoms with van der Waals surface area (Å²) in [6.07, 6.45) is 5.29. The number of hydrogen-bond acceptors (Lipinski definition) is 3. The van der Waals surface area contributed by atoms with Gasteiger partial charge in [0.25, 0.3) is 0 Å².